The van der Waals surface area contributed by atoms with Gasteiger partial charge in [0, 0.05) is 19.5 Å². The average Bonchev–Trinajstić information content (AvgIpc) is 3.51. The van der Waals surface area contributed by atoms with Gasteiger partial charge in [0.1, 0.15) is 12.9 Å². The average molecular weight is 438 g/mol. The molecule has 168 valence electrons. The molecule has 1 spiro atoms. The van der Waals surface area contributed by atoms with Crippen molar-refractivity contribution in [3.05, 3.63) is 34.9 Å². The zero-order valence-corrected chi connectivity index (χ0v) is 18.3. The van der Waals surface area contributed by atoms with E-state index in [9.17, 15) is 9.59 Å². The van der Waals surface area contributed by atoms with E-state index in [0.717, 1.165) is 62.3 Å². The maximum absolute atomic E-state index is 13.2. The van der Waals surface area contributed by atoms with E-state index in [1.54, 1.807) is 11.8 Å². The number of esters is 1. The molecule has 5 rings (SSSR count). The molecule has 5 heterocycles. The third-order valence-electron chi connectivity index (χ3n) is 6.99. The van der Waals surface area contributed by atoms with Gasteiger partial charge in [-0.05, 0) is 68.3 Å². The number of cyclic esters (lactones) is 1. The summed E-state index contributed by atoms with van der Waals surface area (Å²) in [5.74, 6) is 0.472. The Kier molecular flexibility index (Phi) is 5.20. The minimum Gasteiger partial charge on any atom is -0.456 e. The van der Waals surface area contributed by atoms with Crippen LogP contribution in [0.15, 0.2) is 23.7 Å². The molecule has 2 saturated heterocycles. The molecule has 11 heteroatoms. The van der Waals surface area contributed by atoms with E-state index >= 15 is 0 Å². The van der Waals surface area contributed by atoms with Crippen LogP contribution >= 0.6 is 0 Å². The highest BCUT2D eigenvalue weighted by Crippen LogP contribution is 2.43. The van der Waals surface area contributed by atoms with Gasteiger partial charge in [-0.2, -0.15) is 9.78 Å². The van der Waals surface area contributed by atoms with Crippen molar-refractivity contribution >= 4 is 11.9 Å². The van der Waals surface area contributed by atoms with E-state index in [1.165, 1.54) is 11.0 Å². The van der Waals surface area contributed by atoms with Crippen LogP contribution < -0.4 is 0 Å². The fraction of sp³-hybridized carbons (Fsp3) is 0.571. The number of aryl methyl sites for hydroxylation is 1. The summed E-state index contributed by atoms with van der Waals surface area (Å²) < 4.78 is 6.61. The smallest absolute Gasteiger partial charge is 0.336 e. The summed E-state index contributed by atoms with van der Waals surface area (Å²) in [6.07, 6.45) is 4.82. The Morgan fingerprint density at radius 3 is 2.53 bits per heavy atom. The van der Waals surface area contributed by atoms with Crippen molar-refractivity contribution < 1.29 is 14.3 Å². The predicted octanol–water partition coefficient (Wildman–Crippen LogP) is 0.449. The van der Waals surface area contributed by atoms with E-state index in [1.807, 2.05) is 13.0 Å². The van der Waals surface area contributed by atoms with Crippen molar-refractivity contribution in [1.82, 2.24) is 40.2 Å². The molecule has 2 aromatic rings. The third kappa shape index (κ3) is 3.56. The topological polar surface area (TPSA) is 119 Å². The van der Waals surface area contributed by atoms with Crippen LogP contribution in [0.1, 0.15) is 37.4 Å². The zero-order chi connectivity index (χ0) is 22.3. The van der Waals surface area contributed by atoms with Crippen molar-refractivity contribution in [1.29, 1.82) is 0 Å². The molecule has 1 amide bonds. The first kappa shape index (κ1) is 20.7. The first-order valence-corrected chi connectivity index (χ1v) is 10.9. The lowest BCUT2D eigenvalue weighted by molar-refractivity contribution is -0.138. The lowest BCUT2D eigenvalue weighted by Gasteiger charge is -2.38. The Hall–Kier alpha value is -3.21. The Bertz CT molecular complexity index is 1070. The molecule has 0 aromatic carbocycles. The van der Waals surface area contributed by atoms with Crippen LogP contribution in [-0.4, -0.2) is 84.9 Å². The number of tetrazole rings is 1. The van der Waals surface area contributed by atoms with E-state index in [-0.39, 0.29) is 23.9 Å². The Labute approximate surface area is 185 Å². The maximum Gasteiger partial charge on any atom is 0.336 e. The Balaban J connectivity index is 1.17. The highest BCUT2D eigenvalue weighted by atomic mass is 16.5. The molecule has 0 radical (unpaired) electrons. The van der Waals surface area contributed by atoms with Gasteiger partial charge in [-0.15, -0.1) is 10.2 Å². The summed E-state index contributed by atoms with van der Waals surface area (Å²) >= 11 is 0. The molecule has 0 N–H and O–H groups in total. The molecular formula is C21H26N8O3. The summed E-state index contributed by atoms with van der Waals surface area (Å²) in [4.78, 5) is 29.1. The number of carbonyl (C=O) groups is 2. The first-order valence-electron chi connectivity index (χ1n) is 10.9. The van der Waals surface area contributed by atoms with Gasteiger partial charge in [0.2, 0.25) is 5.91 Å². The molecule has 0 saturated carbocycles. The number of ether oxygens (including phenoxy) is 1. The van der Waals surface area contributed by atoms with Gasteiger partial charge in [-0.3, -0.25) is 4.79 Å². The van der Waals surface area contributed by atoms with Crippen LogP contribution in [0.5, 0.6) is 0 Å². The van der Waals surface area contributed by atoms with Crippen LogP contribution in [0.3, 0.4) is 0 Å². The fourth-order valence-corrected chi connectivity index (χ4v) is 4.91. The second-order valence-electron chi connectivity index (χ2n) is 8.82. The largest absolute Gasteiger partial charge is 0.456 e. The number of likely N-dealkylation sites (tertiary alicyclic amines) is 2. The van der Waals surface area contributed by atoms with Crippen LogP contribution in [0.2, 0.25) is 0 Å². The second kappa shape index (κ2) is 8.05. The number of aromatic nitrogens is 6. The SMILES string of the molecule is CC1=C(N2CCC3(CCN(CCc4cc(C)c(-n5cnnn5)nn4)CC3)C2=O)COC1=O. The number of hydrogen-bond donors (Lipinski definition) is 0. The van der Waals surface area contributed by atoms with Crippen LogP contribution in [0, 0.1) is 12.3 Å². The molecule has 32 heavy (non-hydrogen) atoms. The maximum atomic E-state index is 13.2. The molecule has 0 atom stereocenters. The summed E-state index contributed by atoms with van der Waals surface area (Å²) in [6, 6.07) is 2.02. The molecule has 2 aromatic heterocycles. The molecule has 0 aliphatic carbocycles. The van der Waals surface area contributed by atoms with E-state index in [4.69, 9.17) is 4.74 Å². The molecule has 11 nitrogen and oxygen atoms in total. The van der Waals surface area contributed by atoms with Crippen LogP contribution in [0.4, 0.5) is 0 Å². The first-order chi connectivity index (χ1) is 15.5. The molecule has 2 fully saturated rings. The van der Waals surface area contributed by atoms with E-state index < -0.39 is 0 Å². The minimum absolute atomic E-state index is 0.157. The van der Waals surface area contributed by atoms with Gasteiger partial charge in [0.05, 0.1) is 22.4 Å². The molecule has 3 aliphatic rings. The molecular weight excluding hydrogens is 412 g/mol. The van der Waals surface area contributed by atoms with Crippen LogP contribution in [0.25, 0.3) is 5.82 Å². The third-order valence-corrected chi connectivity index (χ3v) is 6.99. The van der Waals surface area contributed by atoms with Crippen molar-refractivity contribution in [2.45, 2.75) is 39.5 Å². The lowest BCUT2D eigenvalue weighted by atomic mass is 9.77. The fourth-order valence-electron chi connectivity index (χ4n) is 4.91. The summed E-state index contributed by atoms with van der Waals surface area (Å²) in [5, 5.41) is 19.7. The van der Waals surface area contributed by atoms with Gasteiger partial charge in [0.25, 0.3) is 0 Å². The predicted molar refractivity (Wildman–Crippen MR) is 111 cm³/mol. The molecule has 0 bridgehead atoms. The van der Waals surface area contributed by atoms with Crippen molar-refractivity contribution in [2.75, 3.05) is 32.8 Å². The Morgan fingerprint density at radius 2 is 1.88 bits per heavy atom. The summed E-state index contributed by atoms with van der Waals surface area (Å²) in [5.41, 5.74) is 2.90. The number of hydrogen-bond acceptors (Lipinski definition) is 9. The van der Waals surface area contributed by atoms with Gasteiger partial charge < -0.3 is 14.5 Å². The standard InChI is InChI=1S/C21H26N8O3/c1-14-11-16(23-24-18(14)29-13-22-25-26-29)3-7-27-8-4-21(5-9-27)6-10-28(20(21)31)17-12-32-19(30)15(17)2/h11,13H,3-10,12H2,1-2H3. The van der Waals surface area contributed by atoms with Gasteiger partial charge >= 0.3 is 5.97 Å². The number of rotatable bonds is 5. The van der Waals surface area contributed by atoms with Gasteiger partial charge in [-0.25, -0.2) is 4.79 Å². The van der Waals surface area contributed by atoms with E-state index in [2.05, 4.69) is 30.6 Å². The summed E-state index contributed by atoms with van der Waals surface area (Å²) in [7, 11) is 0. The summed E-state index contributed by atoms with van der Waals surface area (Å²) in [6.45, 7) is 7.22. The Morgan fingerprint density at radius 1 is 1.09 bits per heavy atom. The minimum atomic E-state index is -0.312. The number of nitrogens with zero attached hydrogens (tertiary/aromatic N) is 8. The van der Waals surface area contributed by atoms with Crippen LogP contribution in [-0.2, 0) is 20.7 Å². The number of carbonyl (C=O) groups excluding carboxylic acids is 2. The highest BCUT2D eigenvalue weighted by molar-refractivity contribution is 5.94. The quantitative estimate of drug-likeness (QED) is 0.613. The molecule has 0 unspecified atom stereocenters. The zero-order valence-electron chi connectivity index (χ0n) is 18.3. The van der Waals surface area contributed by atoms with Crippen molar-refractivity contribution in [3.8, 4) is 5.82 Å². The monoisotopic (exact) mass is 438 g/mol. The normalized spacial score (nSPS) is 21.1. The van der Waals surface area contributed by atoms with Gasteiger partial charge in [0.15, 0.2) is 5.82 Å². The second-order valence-corrected chi connectivity index (χ2v) is 8.82. The lowest BCUT2D eigenvalue weighted by Crippen LogP contribution is -2.45. The number of piperidine rings is 1. The van der Waals surface area contributed by atoms with Crippen molar-refractivity contribution in [3.63, 3.8) is 0 Å². The highest BCUT2D eigenvalue weighted by Gasteiger charge is 2.49. The number of amides is 1. The van der Waals surface area contributed by atoms with Gasteiger partial charge in [-0.1, -0.05) is 0 Å². The van der Waals surface area contributed by atoms with E-state index in [0.29, 0.717) is 17.9 Å². The van der Waals surface area contributed by atoms with Crippen molar-refractivity contribution in [2.24, 2.45) is 5.41 Å². The molecule has 3 aliphatic heterocycles.